The maximum Gasteiger partial charge on any atom is 0.335 e. The van der Waals surface area contributed by atoms with Crippen molar-refractivity contribution in [3.63, 3.8) is 0 Å². The minimum atomic E-state index is -1.03. The summed E-state index contributed by atoms with van der Waals surface area (Å²) in [7, 11) is 0. The molecule has 38 heavy (non-hydrogen) atoms. The summed E-state index contributed by atoms with van der Waals surface area (Å²) in [6, 6.07) is 31.9. The Morgan fingerprint density at radius 3 is 2.39 bits per heavy atom. The zero-order chi connectivity index (χ0) is 25.8. The molecule has 6 heteroatoms. The van der Waals surface area contributed by atoms with E-state index in [1.54, 1.807) is 12.1 Å². The minimum absolute atomic E-state index is 0. The fraction of sp³-hybridized carbons (Fsp3) is 0.250. The zero-order valence-electron chi connectivity index (χ0n) is 21.4. The summed E-state index contributed by atoms with van der Waals surface area (Å²) in [5, 5.41) is 15.6. The molecular formula is C32H33ClN2O3. The number of benzene rings is 4. The van der Waals surface area contributed by atoms with E-state index in [0.717, 1.165) is 13.0 Å². The summed E-state index contributed by atoms with van der Waals surface area (Å²) >= 11 is 0. The van der Waals surface area contributed by atoms with Gasteiger partial charge in [0.05, 0.1) is 5.56 Å². The molecule has 0 aromatic heterocycles. The molecule has 4 aromatic rings. The standard InChI is InChI=1S/C32H32N2O3.ClH/c1-22(28-16-8-12-23-11-5-6-15-29(23)28)33-20-27-17-18-34(21-30(27)24-9-3-2-4-10-24)31(35)25-13-7-14-26(19-25)32(36)37;/h2-16,19,22,27,30,33H,17-18,20-21H2,1H3,(H,36,37);1H/t22-,27?,30?;/m1./s1. The van der Waals surface area contributed by atoms with Crippen LogP contribution in [-0.4, -0.2) is 41.5 Å². The van der Waals surface area contributed by atoms with Gasteiger partial charge in [0, 0.05) is 30.6 Å². The van der Waals surface area contributed by atoms with Crippen LogP contribution in [0.4, 0.5) is 0 Å². The Labute approximate surface area is 229 Å². The van der Waals surface area contributed by atoms with Crippen molar-refractivity contribution in [1.29, 1.82) is 0 Å². The van der Waals surface area contributed by atoms with Crippen LogP contribution in [0.2, 0.25) is 0 Å². The molecule has 0 aliphatic carbocycles. The predicted molar refractivity (Wildman–Crippen MR) is 154 cm³/mol. The van der Waals surface area contributed by atoms with E-state index < -0.39 is 5.97 Å². The highest BCUT2D eigenvalue weighted by Crippen LogP contribution is 2.34. The van der Waals surface area contributed by atoms with Gasteiger partial charge in [0.1, 0.15) is 0 Å². The lowest BCUT2D eigenvalue weighted by atomic mass is 9.80. The molecule has 1 amide bonds. The molecule has 1 saturated heterocycles. The van der Waals surface area contributed by atoms with Gasteiger partial charge in [0.25, 0.3) is 5.91 Å². The van der Waals surface area contributed by atoms with Gasteiger partial charge in [-0.2, -0.15) is 0 Å². The van der Waals surface area contributed by atoms with Gasteiger partial charge in [-0.25, -0.2) is 4.79 Å². The largest absolute Gasteiger partial charge is 0.478 e. The van der Waals surface area contributed by atoms with Gasteiger partial charge >= 0.3 is 5.97 Å². The lowest BCUT2D eigenvalue weighted by Crippen LogP contribution is -2.45. The van der Waals surface area contributed by atoms with E-state index in [2.05, 4.69) is 79.0 Å². The van der Waals surface area contributed by atoms with Crippen LogP contribution >= 0.6 is 12.4 Å². The number of nitrogens with zero attached hydrogens (tertiary/aromatic N) is 1. The number of carboxylic acid groups (broad SMARTS) is 1. The summed E-state index contributed by atoms with van der Waals surface area (Å²) in [6.07, 6.45) is 0.874. The van der Waals surface area contributed by atoms with Gasteiger partial charge < -0.3 is 15.3 Å². The summed E-state index contributed by atoms with van der Waals surface area (Å²) in [5.74, 6) is -0.579. The van der Waals surface area contributed by atoms with Crippen molar-refractivity contribution in [1.82, 2.24) is 10.2 Å². The van der Waals surface area contributed by atoms with E-state index in [4.69, 9.17) is 0 Å². The van der Waals surface area contributed by atoms with Crippen molar-refractivity contribution < 1.29 is 14.7 Å². The summed E-state index contributed by atoms with van der Waals surface area (Å²) in [5.41, 5.74) is 3.07. The van der Waals surface area contributed by atoms with Crippen LogP contribution in [0.3, 0.4) is 0 Å². The third-order valence-corrected chi connectivity index (χ3v) is 7.60. The summed E-state index contributed by atoms with van der Waals surface area (Å²) < 4.78 is 0. The highest BCUT2D eigenvalue weighted by molar-refractivity contribution is 5.97. The molecule has 2 N–H and O–H groups in total. The molecule has 5 rings (SSSR count). The average Bonchev–Trinajstić information content (AvgIpc) is 2.95. The molecule has 1 heterocycles. The number of carbonyl (C=O) groups excluding carboxylic acids is 1. The van der Waals surface area contributed by atoms with Crippen LogP contribution in [0.5, 0.6) is 0 Å². The first-order valence-corrected chi connectivity index (χ1v) is 12.9. The van der Waals surface area contributed by atoms with Crippen LogP contribution in [0.15, 0.2) is 97.1 Å². The van der Waals surface area contributed by atoms with Gasteiger partial charge in [0.15, 0.2) is 0 Å². The summed E-state index contributed by atoms with van der Waals surface area (Å²) in [6.45, 7) is 4.32. The number of halogens is 1. The normalized spacial score (nSPS) is 18.0. The van der Waals surface area contributed by atoms with Crippen molar-refractivity contribution in [3.05, 3.63) is 119 Å². The number of aromatic carboxylic acids is 1. The molecule has 0 radical (unpaired) electrons. The molecule has 1 aliphatic heterocycles. The van der Waals surface area contributed by atoms with Crippen LogP contribution < -0.4 is 5.32 Å². The molecule has 0 bridgehead atoms. The molecule has 3 atom stereocenters. The third-order valence-electron chi connectivity index (χ3n) is 7.60. The topological polar surface area (TPSA) is 69.6 Å². The quantitative estimate of drug-likeness (QED) is 0.285. The van der Waals surface area contributed by atoms with Crippen LogP contribution in [0.25, 0.3) is 10.8 Å². The van der Waals surface area contributed by atoms with Gasteiger partial charge in [-0.3, -0.25) is 4.79 Å². The van der Waals surface area contributed by atoms with Crippen molar-refractivity contribution >= 4 is 35.1 Å². The van der Waals surface area contributed by atoms with E-state index >= 15 is 0 Å². The van der Waals surface area contributed by atoms with Gasteiger partial charge in [-0.1, -0.05) is 78.9 Å². The maximum atomic E-state index is 13.4. The Hall–Kier alpha value is -3.67. The first kappa shape index (κ1) is 27.4. The number of likely N-dealkylation sites (tertiary alicyclic amines) is 1. The highest BCUT2D eigenvalue weighted by atomic mass is 35.5. The van der Waals surface area contributed by atoms with Crippen molar-refractivity contribution in [2.45, 2.75) is 25.3 Å². The second kappa shape index (κ2) is 12.2. The monoisotopic (exact) mass is 528 g/mol. The van der Waals surface area contributed by atoms with E-state index in [1.807, 2.05) is 11.0 Å². The average molecular weight is 529 g/mol. The molecule has 1 fully saturated rings. The Morgan fingerprint density at radius 2 is 1.61 bits per heavy atom. The molecule has 4 aromatic carbocycles. The van der Waals surface area contributed by atoms with E-state index in [0.29, 0.717) is 24.6 Å². The lowest BCUT2D eigenvalue weighted by Gasteiger charge is -2.39. The number of rotatable bonds is 7. The SMILES string of the molecule is C[C@@H](NCC1CCN(C(=O)c2cccc(C(=O)O)c2)CC1c1ccccc1)c1cccc2ccccc12.Cl. The fourth-order valence-corrected chi connectivity index (χ4v) is 5.54. The molecule has 1 aliphatic rings. The lowest BCUT2D eigenvalue weighted by molar-refractivity contribution is 0.0657. The van der Waals surface area contributed by atoms with Crippen molar-refractivity contribution in [2.75, 3.05) is 19.6 Å². The minimum Gasteiger partial charge on any atom is -0.478 e. The molecule has 0 spiro atoms. The Kier molecular flexibility index (Phi) is 8.82. The smallest absolute Gasteiger partial charge is 0.335 e. The number of amides is 1. The fourth-order valence-electron chi connectivity index (χ4n) is 5.54. The second-order valence-electron chi connectivity index (χ2n) is 9.90. The van der Waals surface area contributed by atoms with E-state index in [1.165, 1.54) is 34.0 Å². The first-order valence-electron chi connectivity index (χ1n) is 12.9. The van der Waals surface area contributed by atoms with Crippen LogP contribution in [0.1, 0.15) is 57.1 Å². The highest BCUT2D eigenvalue weighted by Gasteiger charge is 2.33. The van der Waals surface area contributed by atoms with Gasteiger partial charge in [-0.05, 0) is 65.9 Å². The number of nitrogens with one attached hydrogen (secondary N) is 1. The molecule has 0 saturated carbocycles. The van der Waals surface area contributed by atoms with E-state index in [-0.39, 0.29) is 35.8 Å². The Bertz CT molecular complexity index is 1400. The number of carbonyl (C=O) groups is 2. The zero-order valence-corrected chi connectivity index (χ0v) is 22.2. The van der Waals surface area contributed by atoms with Crippen LogP contribution in [0, 0.1) is 5.92 Å². The number of piperidine rings is 1. The number of hydrogen-bond donors (Lipinski definition) is 2. The number of fused-ring (bicyclic) bond motifs is 1. The van der Waals surface area contributed by atoms with Crippen molar-refractivity contribution in [2.24, 2.45) is 5.92 Å². The molecular weight excluding hydrogens is 496 g/mol. The Morgan fingerprint density at radius 1 is 0.921 bits per heavy atom. The van der Waals surface area contributed by atoms with Crippen LogP contribution in [-0.2, 0) is 0 Å². The first-order chi connectivity index (χ1) is 18.0. The number of hydrogen-bond acceptors (Lipinski definition) is 3. The molecule has 5 nitrogen and oxygen atoms in total. The molecule has 196 valence electrons. The molecule has 2 unspecified atom stereocenters. The number of carboxylic acids is 1. The van der Waals surface area contributed by atoms with Gasteiger partial charge in [-0.15, -0.1) is 12.4 Å². The third kappa shape index (κ3) is 5.90. The summed E-state index contributed by atoms with van der Waals surface area (Å²) in [4.78, 5) is 26.6. The Balaban J connectivity index is 0.00000336. The van der Waals surface area contributed by atoms with Crippen molar-refractivity contribution in [3.8, 4) is 0 Å². The second-order valence-corrected chi connectivity index (χ2v) is 9.90. The van der Waals surface area contributed by atoms with Gasteiger partial charge in [0.2, 0.25) is 0 Å². The maximum absolute atomic E-state index is 13.4. The van der Waals surface area contributed by atoms with E-state index in [9.17, 15) is 14.7 Å². The predicted octanol–water partition coefficient (Wildman–Crippen LogP) is 6.56.